The van der Waals surface area contributed by atoms with E-state index >= 15 is 0 Å². The molecule has 0 spiro atoms. The lowest BCUT2D eigenvalue weighted by atomic mass is 9.84. The van der Waals surface area contributed by atoms with Gasteiger partial charge in [-0.25, -0.2) is 0 Å². The van der Waals surface area contributed by atoms with Crippen LogP contribution >= 0.6 is 0 Å². The molecule has 8 aromatic carbocycles. The first-order chi connectivity index (χ1) is 21.3. The standard InChI is InChI=1S/C42H28Si/c1-3-13-29(14-4-1)31-17-11-18-32(27-31)41-37-22-9-10-23-38(37)42(36-24-12-16-30-15-7-8-21-35(30)36)39-26-25-34(28-40(39)41)43-33-19-5-2-6-20-33/h1-28H. The summed E-state index contributed by atoms with van der Waals surface area (Å²) >= 11 is 0. The van der Waals surface area contributed by atoms with Crippen LogP contribution in [0.15, 0.2) is 170 Å². The van der Waals surface area contributed by atoms with E-state index in [-0.39, 0.29) is 0 Å². The zero-order valence-electron chi connectivity index (χ0n) is 23.7. The van der Waals surface area contributed by atoms with E-state index in [4.69, 9.17) is 0 Å². The van der Waals surface area contributed by atoms with Crippen LogP contribution in [0.3, 0.4) is 0 Å². The minimum Gasteiger partial charge on any atom is -0.0631 e. The molecule has 43 heavy (non-hydrogen) atoms. The van der Waals surface area contributed by atoms with E-state index in [1.54, 1.807) is 0 Å². The molecule has 0 fully saturated rings. The van der Waals surface area contributed by atoms with Gasteiger partial charge in [-0.3, -0.25) is 0 Å². The molecule has 0 atom stereocenters. The third-order valence-electron chi connectivity index (χ3n) is 8.40. The Morgan fingerprint density at radius 2 is 0.884 bits per heavy atom. The Kier molecular flexibility index (Phi) is 6.44. The predicted octanol–water partition coefficient (Wildman–Crippen LogP) is 9.80. The van der Waals surface area contributed by atoms with Gasteiger partial charge < -0.3 is 0 Å². The maximum absolute atomic E-state index is 2.45. The summed E-state index contributed by atoms with van der Waals surface area (Å²) < 4.78 is 0. The average molecular weight is 561 g/mol. The molecule has 0 saturated heterocycles. The fourth-order valence-electron chi connectivity index (χ4n) is 6.47. The van der Waals surface area contributed by atoms with Crippen molar-refractivity contribution in [2.75, 3.05) is 0 Å². The number of fused-ring (bicyclic) bond motifs is 3. The van der Waals surface area contributed by atoms with Gasteiger partial charge in [-0.05, 0) is 71.8 Å². The first-order valence-electron chi connectivity index (χ1n) is 14.8. The Hall–Kier alpha value is -5.24. The fraction of sp³-hybridized carbons (Fsp3) is 0. The van der Waals surface area contributed by atoms with E-state index in [2.05, 4.69) is 170 Å². The minimum atomic E-state index is 0.594. The summed E-state index contributed by atoms with van der Waals surface area (Å²) in [6.07, 6.45) is 0. The van der Waals surface area contributed by atoms with Crippen molar-refractivity contribution in [3.8, 4) is 33.4 Å². The van der Waals surface area contributed by atoms with Crippen LogP contribution in [-0.4, -0.2) is 9.52 Å². The van der Waals surface area contributed by atoms with E-state index in [9.17, 15) is 0 Å². The van der Waals surface area contributed by atoms with Crippen LogP contribution in [0.1, 0.15) is 0 Å². The molecule has 8 aromatic rings. The third-order valence-corrected chi connectivity index (χ3v) is 9.63. The molecule has 0 N–H and O–H groups in total. The van der Waals surface area contributed by atoms with E-state index < -0.39 is 0 Å². The second kappa shape index (κ2) is 10.9. The molecule has 0 saturated carbocycles. The summed E-state index contributed by atoms with van der Waals surface area (Å²) in [5.74, 6) is 0. The summed E-state index contributed by atoms with van der Waals surface area (Å²) in [6.45, 7) is 0. The molecule has 0 bridgehead atoms. The quantitative estimate of drug-likeness (QED) is 0.145. The lowest BCUT2D eigenvalue weighted by Gasteiger charge is -2.20. The van der Waals surface area contributed by atoms with Crippen LogP contribution in [0, 0.1) is 0 Å². The van der Waals surface area contributed by atoms with E-state index in [0.29, 0.717) is 9.52 Å². The Morgan fingerprint density at radius 3 is 1.70 bits per heavy atom. The number of benzene rings is 8. The summed E-state index contributed by atoms with van der Waals surface area (Å²) in [5, 5.41) is 10.4. The zero-order chi connectivity index (χ0) is 28.6. The van der Waals surface area contributed by atoms with Gasteiger partial charge in [0.25, 0.3) is 0 Å². The van der Waals surface area contributed by atoms with Gasteiger partial charge in [0.2, 0.25) is 0 Å². The van der Waals surface area contributed by atoms with Gasteiger partial charge in [0.1, 0.15) is 9.52 Å². The normalized spacial score (nSPS) is 11.3. The summed E-state index contributed by atoms with van der Waals surface area (Å²) in [5.41, 5.74) is 7.59. The topological polar surface area (TPSA) is 0 Å². The molecule has 0 aromatic heterocycles. The number of rotatable bonds is 5. The van der Waals surface area contributed by atoms with Crippen molar-refractivity contribution < 1.29 is 0 Å². The van der Waals surface area contributed by atoms with Crippen LogP contribution in [-0.2, 0) is 0 Å². The van der Waals surface area contributed by atoms with Crippen molar-refractivity contribution in [2.45, 2.75) is 0 Å². The van der Waals surface area contributed by atoms with Crippen molar-refractivity contribution in [3.05, 3.63) is 170 Å². The predicted molar refractivity (Wildman–Crippen MR) is 187 cm³/mol. The molecule has 0 heterocycles. The van der Waals surface area contributed by atoms with Gasteiger partial charge in [0.15, 0.2) is 0 Å². The zero-order valence-corrected chi connectivity index (χ0v) is 24.7. The summed E-state index contributed by atoms with van der Waals surface area (Å²) in [7, 11) is 0.594. The highest BCUT2D eigenvalue weighted by molar-refractivity contribution is 6.67. The van der Waals surface area contributed by atoms with Gasteiger partial charge in [0, 0.05) is 0 Å². The van der Waals surface area contributed by atoms with E-state index in [0.717, 1.165) is 0 Å². The summed E-state index contributed by atoms with van der Waals surface area (Å²) in [6, 6.07) is 62.1. The first kappa shape index (κ1) is 25.5. The molecular weight excluding hydrogens is 533 g/mol. The lowest BCUT2D eigenvalue weighted by molar-refractivity contribution is 1.61. The highest BCUT2D eigenvalue weighted by Crippen LogP contribution is 2.45. The molecule has 0 aliphatic carbocycles. The van der Waals surface area contributed by atoms with Gasteiger partial charge in [0.05, 0.1) is 0 Å². The molecule has 0 unspecified atom stereocenters. The Labute approximate surface area is 254 Å². The molecule has 8 rings (SSSR count). The molecule has 0 amide bonds. The maximum Gasteiger partial charge on any atom is 0.121 e. The van der Waals surface area contributed by atoms with E-state index in [1.165, 1.54) is 76.1 Å². The Balaban J connectivity index is 1.46. The fourth-order valence-corrected chi connectivity index (χ4v) is 7.55. The number of hydrogen-bond acceptors (Lipinski definition) is 0. The SMILES string of the molecule is c1ccc([Si]c2ccc3c(-c4cccc5ccccc45)c4ccccc4c(-c4cccc(-c5ccccc5)c4)c3c2)cc1. The monoisotopic (exact) mass is 560 g/mol. The van der Waals surface area contributed by atoms with Crippen LogP contribution in [0.2, 0.25) is 0 Å². The molecule has 0 aliphatic rings. The second-order valence-corrected chi connectivity index (χ2v) is 12.4. The average Bonchev–Trinajstić information content (AvgIpc) is 3.08. The third kappa shape index (κ3) is 4.65. The van der Waals surface area contributed by atoms with Crippen LogP contribution in [0.5, 0.6) is 0 Å². The molecule has 200 valence electrons. The number of hydrogen-bond donors (Lipinski definition) is 0. The van der Waals surface area contributed by atoms with Crippen molar-refractivity contribution in [1.82, 2.24) is 0 Å². The van der Waals surface area contributed by atoms with Crippen LogP contribution in [0.25, 0.3) is 65.7 Å². The van der Waals surface area contributed by atoms with Gasteiger partial charge in [-0.15, -0.1) is 0 Å². The van der Waals surface area contributed by atoms with Gasteiger partial charge >= 0.3 is 0 Å². The van der Waals surface area contributed by atoms with Crippen LogP contribution in [0.4, 0.5) is 0 Å². The highest BCUT2D eigenvalue weighted by atomic mass is 28.2. The summed E-state index contributed by atoms with van der Waals surface area (Å²) in [4.78, 5) is 0. The molecule has 0 nitrogen and oxygen atoms in total. The van der Waals surface area contributed by atoms with Crippen molar-refractivity contribution in [1.29, 1.82) is 0 Å². The first-order valence-corrected chi connectivity index (χ1v) is 15.8. The Bertz CT molecular complexity index is 2240. The minimum absolute atomic E-state index is 0.594. The van der Waals surface area contributed by atoms with E-state index in [1.807, 2.05) is 0 Å². The largest absolute Gasteiger partial charge is 0.121 e. The van der Waals surface area contributed by atoms with Crippen LogP contribution < -0.4 is 10.4 Å². The van der Waals surface area contributed by atoms with Crippen molar-refractivity contribution >= 4 is 52.2 Å². The van der Waals surface area contributed by atoms with Gasteiger partial charge in [-0.2, -0.15) is 0 Å². The molecule has 2 radical (unpaired) electrons. The van der Waals surface area contributed by atoms with Gasteiger partial charge in [-0.1, -0.05) is 174 Å². The van der Waals surface area contributed by atoms with Crippen molar-refractivity contribution in [2.24, 2.45) is 0 Å². The maximum atomic E-state index is 2.45. The molecular formula is C42H28Si. The smallest absolute Gasteiger partial charge is 0.0631 e. The molecule has 1 heteroatoms. The van der Waals surface area contributed by atoms with Crippen molar-refractivity contribution in [3.63, 3.8) is 0 Å². The lowest BCUT2D eigenvalue weighted by Crippen LogP contribution is -2.26. The highest BCUT2D eigenvalue weighted by Gasteiger charge is 2.19. The second-order valence-electron chi connectivity index (χ2n) is 11.0. The Morgan fingerprint density at radius 1 is 0.302 bits per heavy atom. The molecule has 0 aliphatic heterocycles.